The molecule has 162 valence electrons. The zero-order valence-corrected chi connectivity index (χ0v) is 17.3. The number of amides is 1. The van der Waals surface area contributed by atoms with E-state index < -0.39 is 5.56 Å². The van der Waals surface area contributed by atoms with E-state index in [1.165, 1.54) is 30.1 Å². The minimum atomic E-state index is -0.402. The van der Waals surface area contributed by atoms with Crippen LogP contribution in [0.5, 0.6) is 11.5 Å². The van der Waals surface area contributed by atoms with E-state index in [1.54, 1.807) is 37.4 Å². The van der Waals surface area contributed by atoms with Crippen LogP contribution in [-0.4, -0.2) is 46.2 Å². The van der Waals surface area contributed by atoms with Crippen molar-refractivity contribution in [2.24, 2.45) is 0 Å². The van der Waals surface area contributed by atoms with Crippen LogP contribution in [0.3, 0.4) is 0 Å². The molecule has 0 fully saturated rings. The maximum atomic E-state index is 12.3. The molecule has 3 rings (SSSR count). The smallest absolute Gasteiger partial charge is 0.267 e. The van der Waals surface area contributed by atoms with E-state index in [9.17, 15) is 14.4 Å². The number of nitrogens with one attached hydrogen (secondary N) is 1. The number of carbonyl (C=O) groups excluding carboxylic acids is 1. The molecule has 2 aromatic heterocycles. The third-order valence-electron chi connectivity index (χ3n) is 4.50. The summed E-state index contributed by atoms with van der Waals surface area (Å²) >= 11 is 0. The molecule has 0 aliphatic heterocycles. The van der Waals surface area contributed by atoms with Crippen LogP contribution in [0.4, 0.5) is 0 Å². The fraction of sp³-hybridized carbons (Fsp3) is 0.286. The van der Waals surface area contributed by atoms with Crippen LogP contribution < -0.4 is 25.9 Å². The van der Waals surface area contributed by atoms with Gasteiger partial charge in [-0.15, -0.1) is 0 Å². The van der Waals surface area contributed by atoms with Gasteiger partial charge in [0.1, 0.15) is 18.0 Å². The number of carbonyl (C=O) groups is 1. The van der Waals surface area contributed by atoms with Gasteiger partial charge in [-0.3, -0.25) is 14.4 Å². The number of benzene rings is 1. The van der Waals surface area contributed by atoms with Crippen LogP contribution in [0.25, 0.3) is 11.3 Å². The van der Waals surface area contributed by atoms with Gasteiger partial charge in [-0.05, 0) is 36.8 Å². The lowest BCUT2D eigenvalue weighted by atomic mass is 10.1. The molecule has 2 heterocycles. The van der Waals surface area contributed by atoms with Crippen molar-refractivity contribution in [3.8, 4) is 22.8 Å². The fourth-order valence-corrected chi connectivity index (χ4v) is 2.92. The highest BCUT2D eigenvalue weighted by Crippen LogP contribution is 2.31. The Bertz CT molecular complexity index is 1170. The first-order valence-electron chi connectivity index (χ1n) is 9.61. The molecule has 10 nitrogen and oxygen atoms in total. The summed E-state index contributed by atoms with van der Waals surface area (Å²) < 4.78 is 13.0. The standard InChI is InChI=1S/C21H23N5O5/c1-30-15-6-8-18(31-2)16(13-15)17-7-9-21(29)26(24-17)14-19(27)22-10-4-12-25-20(28)5-3-11-23-25/h3,5-9,11,13H,4,10,12,14H2,1-2H3,(H,22,27). The summed E-state index contributed by atoms with van der Waals surface area (Å²) in [5, 5.41) is 11.0. The van der Waals surface area contributed by atoms with E-state index in [0.717, 1.165) is 4.68 Å². The molecule has 1 aromatic carbocycles. The van der Waals surface area contributed by atoms with Gasteiger partial charge in [-0.2, -0.15) is 10.2 Å². The summed E-state index contributed by atoms with van der Waals surface area (Å²) in [4.78, 5) is 36.1. The molecule has 31 heavy (non-hydrogen) atoms. The summed E-state index contributed by atoms with van der Waals surface area (Å²) in [6.45, 7) is 0.478. The minimum absolute atomic E-state index is 0.200. The summed E-state index contributed by atoms with van der Waals surface area (Å²) in [6.07, 6.45) is 2.05. The first kappa shape index (κ1) is 21.8. The molecule has 0 atom stereocenters. The number of nitrogens with zero attached hydrogens (tertiary/aromatic N) is 4. The zero-order valence-electron chi connectivity index (χ0n) is 17.3. The van der Waals surface area contributed by atoms with Gasteiger partial charge in [0.2, 0.25) is 5.91 Å². The minimum Gasteiger partial charge on any atom is -0.497 e. The summed E-state index contributed by atoms with van der Waals surface area (Å²) in [6, 6.07) is 11.2. The van der Waals surface area contributed by atoms with Crippen molar-refractivity contribution in [2.75, 3.05) is 20.8 Å². The molecular weight excluding hydrogens is 402 g/mol. The van der Waals surface area contributed by atoms with Gasteiger partial charge in [0, 0.05) is 37.0 Å². The largest absolute Gasteiger partial charge is 0.497 e. The van der Waals surface area contributed by atoms with Crippen molar-refractivity contribution in [2.45, 2.75) is 19.5 Å². The van der Waals surface area contributed by atoms with E-state index in [4.69, 9.17) is 9.47 Å². The van der Waals surface area contributed by atoms with Crippen molar-refractivity contribution in [1.29, 1.82) is 0 Å². The van der Waals surface area contributed by atoms with E-state index in [2.05, 4.69) is 15.5 Å². The van der Waals surface area contributed by atoms with Crippen molar-refractivity contribution in [3.05, 3.63) is 69.4 Å². The molecule has 0 saturated carbocycles. The fourth-order valence-electron chi connectivity index (χ4n) is 2.92. The van der Waals surface area contributed by atoms with E-state index in [0.29, 0.717) is 42.3 Å². The molecule has 1 amide bonds. The SMILES string of the molecule is COc1ccc(OC)c(-c2ccc(=O)n(CC(=O)NCCCn3ncccc3=O)n2)c1. The third-order valence-corrected chi connectivity index (χ3v) is 4.50. The molecule has 1 N–H and O–H groups in total. The maximum Gasteiger partial charge on any atom is 0.267 e. The summed E-state index contributed by atoms with van der Waals surface area (Å²) in [5.74, 6) is 0.811. The second kappa shape index (κ2) is 10.2. The van der Waals surface area contributed by atoms with Crippen LogP contribution >= 0.6 is 0 Å². The average Bonchev–Trinajstić information content (AvgIpc) is 2.79. The van der Waals surface area contributed by atoms with Crippen LogP contribution in [0, 0.1) is 0 Å². The molecule has 0 saturated heterocycles. The lowest BCUT2D eigenvalue weighted by Crippen LogP contribution is -2.34. The molecular formula is C21H23N5O5. The second-order valence-corrected chi connectivity index (χ2v) is 6.57. The number of rotatable bonds is 9. The van der Waals surface area contributed by atoms with E-state index in [1.807, 2.05) is 0 Å². The number of ether oxygens (including phenoxy) is 2. The monoisotopic (exact) mass is 425 g/mol. The Morgan fingerprint density at radius 3 is 2.58 bits per heavy atom. The summed E-state index contributed by atoms with van der Waals surface area (Å²) in [5.41, 5.74) is 0.504. The number of aryl methyl sites for hydroxylation is 1. The number of aromatic nitrogens is 4. The predicted octanol–water partition coefficient (Wildman–Crippen LogP) is 0.691. The number of hydrogen-bond donors (Lipinski definition) is 1. The van der Waals surface area contributed by atoms with Crippen molar-refractivity contribution in [3.63, 3.8) is 0 Å². The normalized spacial score (nSPS) is 10.5. The van der Waals surface area contributed by atoms with Crippen molar-refractivity contribution in [1.82, 2.24) is 24.9 Å². The van der Waals surface area contributed by atoms with Crippen molar-refractivity contribution >= 4 is 5.91 Å². The van der Waals surface area contributed by atoms with E-state index >= 15 is 0 Å². The lowest BCUT2D eigenvalue weighted by Gasteiger charge is -2.12. The van der Waals surface area contributed by atoms with Gasteiger partial charge in [0.15, 0.2) is 0 Å². The van der Waals surface area contributed by atoms with Crippen LogP contribution in [-0.2, 0) is 17.9 Å². The maximum absolute atomic E-state index is 12.3. The Balaban J connectivity index is 1.65. The van der Waals surface area contributed by atoms with Crippen LogP contribution in [0.15, 0.2) is 58.3 Å². The third kappa shape index (κ3) is 5.56. The van der Waals surface area contributed by atoms with Gasteiger partial charge in [0.05, 0.1) is 19.9 Å². The van der Waals surface area contributed by atoms with Gasteiger partial charge < -0.3 is 14.8 Å². The Hall–Kier alpha value is -3.95. The lowest BCUT2D eigenvalue weighted by molar-refractivity contribution is -0.121. The highest BCUT2D eigenvalue weighted by Gasteiger charge is 2.12. The van der Waals surface area contributed by atoms with Gasteiger partial charge in [-0.25, -0.2) is 9.36 Å². The topological polar surface area (TPSA) is 117 Å². The van der Waals surface area contributed by atoms with Crippen LogP contribution in [0.2, 0.25) is 0 Å². The molecule has 3 aromatic rings. The first-order valence-corrected chi connectivity index (χ1v) is 9.61. The van der Waals surface area contributed by atoms with Gasteiger partial charge in [0.25, 0.3) is 11.1 Å². The van der Waals surface area contributed by atoms with E-state index in [-0.39, 0.29) is 18.0 Å². The first-order chi connectivity index (χ1) is 15.0. The number of hydrogen-bond acceptors (Lipinski definition) is 7. The highest BCUT2D eigenvalue weighted by atomic mass is 16.5. The van der Waals surface area contributed by atoms with Gasteiger partial charge in [-0.1, -0.05) is 0 Å². The Labute approximate surface area is 178 Å². The molecule has 0 spiro atoms. The summed E-state index contributed by atoms with van der Waals surface area (Å²) in [7, 11) is 3.09. The predicted molar refractivity (Wildman–Crippen MR) is 113 cm³/mol. The zero-order chi connectivity index (χ0) is 22.2. The second-order valence-electron chi connectivity index (χ2n) is 6.57. The molecule has 0 bridgehead atoms. The average molecular weight is 425 g/mol. The Morgan fingerprint density at radius 1 is 1.03 bits per heavy atom. The van der Waals surface area contributed by atoms with Crippen molar-refractivity contribution < 1.29 is 14.3 Å². The Kier molecular flexibility index (Phi) is 7.15. The number of methoxy groups -OCH3 is 2. The Morgan fingerprint density at radius 2 is 1.84 bits per heavy atom. The quantitative estimate of drug-likeness (QED) is 0.501. The highest BCUT2D eigenvalue weighted by molar-refractivity contribution is 5.75. The van der Waals surface area contributed by atoms with Gasteiger partial charge >= 0.3 is 0 Å². The molecule has 0 radical (unpaired) electrons. The van der Waals surface area contributed by atoms with Crippen LogP contribution in [0.1, 0.15) is 6.42 Å². The molecule has 0 aliphatic carbocycles. The molecule has 10 heteroatoms. The molecule has 0 aliphatic rings. The molecule has 0 unspecified atom stereocenters.